The molecule has 0 aromatic heterocycles. The van der Waals surface area contributed by atoms with Crippen LogP contribution < -0.4 is 0 Å². The Morgan fingerprint density at radius 1 is 0.854 bits per heavy atom. The first kappa shape index (κ1) is 32.8. The third kappa shape index (κ3) is 5.75. The van der Waals surface area contributed by atoms with E-state index in [9.17, 15) is 0 Å². The monoisotopic (exact) mass is 575 g/mol. The number of nitrogens with zero attached hydrogens (tertiary/aromatic N) is 1. The molecule has 0 bridgehead atoms. The lowest BCUT2D eigenvalue weighted by Gasteiger charge is -2.57. The number of fused-ring (bicyclic) bond motifs is 4. The molecule has 1 nitrogen and oxygen atoms in total. The number of hydrogen-bond donors (Lipinski definition) is 0. The molecule has 4 unspecified atom stereocenters. The van der Waals surface area contributed by atoms with Crippen molar-refractivity contribution in [3.05, 3.63) is 52.6 Å². The topological polar surface area (TPSA) is 3.24 Å². The minimum Gasteiger partial charge on any atom is -0.314 e. The summed E-state index contributed by atoms with van der Waals surface area (Å²) >= 11 is 0. The predicted octanol–water partition coefficient (Wildman–Crippen LogP) is 11.7. The van der Waals surface area contributed by atoms with Gasteiger partial charge in [0.15, 0.2) is 0 Å². The summed E-state index contributed by atoms with van der Waals surface area (Å²) in [5.41, 5.74) is 9.50. The summed E-state index contributed by atoms with van der Waals surface area (Å²) in [5.74, 6) is 2.09. The fourth-order valence-corrected chi connectivity index (χ4v) is 17.1. The van der Waals surface area contributed by atoms with E-state index in [1.165, 1.54) is 50.5 Å². The summed E-state index contributed by atoms with van der Waals surface area (Å²) in [4.78, 5) is 0. The fraction of sp³-hybridized carbons (Fsp3) is 0.744. The van der Waals surface area contributed by atoms with Gasteiger partial charge >= 0.3 is 0 Å². The van der Waals surface area contributed by atoms with Crippen LogP contribution in [-0.4, -0.2) is 23.9 Å². The average Bonchev–Trinajstić information content (AvgIpc) is 3.28. The van der Waals surface area contributed by atoms with Gasteiger partial charge in [-0.2, -0.15) is 0 Å². The molecule has 1 saturated carbocycles. The predicted molar refractivity (Wildman–Crippen MR) is 185 cm³/mol. The Morgan fingerprint density at radius 3 is 1.90 bits per heavy atom. The molecular weight excluding hydrogens is 511 g/mol. The van der Waals surface area contributed by atoms with Gasteiger partial charge in [-0.3, -0.25) is 0 Å². The van der Waals surface area contributed by atoms with E-state index in [1.54, 1.807) is 22.3 Å². The Morgan fingerprint density at radius 2 is 1.41 bits per heavy atom. The summed E-state index contributed by atoms with van der Waals surface area (Å²) < 4.78 is 2.99. The number of unbranched alkanes of at least 4 members (excludes halogenated alkanes) is 2. The van der Waals surface area contributed by atoms with Gasteiger partial charge in [-0.25, -0.2) is 0 Å². The van der Waals surface area contributed by atoms with Crippen molar-refractivity contribution in [2.75, 3.05) is 0 Å². The first-order chi connectivity index (χ1) is 18.8. The zero-order chi connectivity index (χ0) is 30.8. The molecule has 41 heavy (non-hydrogen) atoms. The molecular formula is C39H65NSi. The Balaban J connectivity index is 1.92. The zero-order valence-electron chi connectivity index (χ0n) is 29.6. The smallest absolute Gasteiger partial charge is 0.127 e. The molecule has 1 aromatic rings. The standard InChI is InChI=1S/C39H65NSi/c1-15-17-21-39(22-18-16-2)33-25-29(36(4,5)6)19-20-30(33)32-24-28-23-27(3)35(31(28)26-34(32)39)41(13,14)40(37(7,8)9)38(10,11)12/h19-20,24-28,31,35H,15-18,21-23H2,1-14H3. The molecule has 3 aliphatic rings. The van der Waals surface area contributed by atoms with Crippen molar-refractivity contribution in [2.24, 2.45) is 17.8 Å². The average molecular weight is 576 g/mol. The lowest BCUT2D eigenvalue weighted by molar-refractivity contribution is 0.121. The van der Waals surface area contributed by atoms with Crippen LogP contribution in [0.25, 0.3) is 5.57 Å². The van der Waals surface area contributed by atoms with Gasteiger partial charge in [0, 0.05) is 16.5 Å². The molecule has 1 aromatic carbocycles. The molecule has 0 spiro atoms. The summed E-state index contributed by atoms with van der Waals surface area (Å²) in [6.45, 7) is 34.7. The van der Waals surface area contributed by atoms with Gasteiger partial charge in [-0.15, -0.1) is 0 Å². The maximum absolute atomic E-state index is 2.99. The van der Waals surface area contributed by atoms with Crippen molar-refractivity contribution < 1.29 is 0 Å². The highest BCUT2D eigenvalue weighted by molar-refractivity contribution is 6.76. The quantitative estimate of drug-likeness (QED) is 0.279. The number of rotatable bonds is 8. The molecule has 4 rings (SSSR count). The summed E-state index contributed by atoms with van der Waals surface area (Å²) in [6, 6.07) is 7.61. The number of allylic oxidation sites excluding steroid dienone is 4. The van der Waals surface area contributed by atoms with Crippen LogP contribution in [0.1, 0.15) is 145 Å². The van der Waals surface area contributed by atoms with Gasteiger partial charge < -0.3 is 4.57 Å². The Hall–Kier alpha value is -1.12. The van der Waals surface area contributed by atoms with Crippen molar-refractivity contribution in [3.63, 3.8) is 0 Å². The molecule has 2 heteroatoms. The SMILES string of the molecule is CCCCC1(CCCC)C2=CC3C(C=C2c2ccc(C(C)(C)C)cc21)CC(C)C3[Si](C)(C)N(C(C)(C)C)C(C)(C)C. The molecule has 0 amide bonds. The lowest BCUT2D eigenvalue weighted by atomic mass is 9.68. The number of hydrogen-bond acceptors (Lipinski definition) is 1. The van der Waals surface area contributed by atoms with Crippen LogP contribution in [0.15, 0.2) is 35.9 Å². The summed E-state index contributed by atoms with van der Waals surface area (Å²) in [7, 11) is -1.84. The Kier molecular flexibility index (Phi) is 8.88. The van der Waals surface area contributed by atoms with E-state index in [1.807, 2.05) is 0 Å². The molecule has 0 aliphatic heterocycles. The highest BCUT2D eigenvalue weighted by Crippen LogP contribution is 2.63. The minimum atomic E-state index is -1.84. The van der Waals surface area contributed by atoms with Crippen LogP contribution in [0, 0.1) is 17.8 Å². The van der Waals surface area contributed by atoms with Crippen molar-refractivity contribution in [3.8, 4) is 0 Å². The summed E-state index contributed by atoms with van der Waals surface area (Å²) in [5, 5.41) is 0. The highest BCUT2D eigenvalue weighted by Gasteiger charge is 2.57. The van der Waals surface area contributed by atoms with Gasteiger partial charge in [-0.1, -0.05) is 111 Å². The van der Waals surface area contributed by atoms with E-state index in [0.717, 1.165) is 11.5 Å². The second-order valence-corrected chi connectivity index (χ2v) is 22.2. The minimum absolute atomic E-state index is 0.160. The van der Waals surface area contributed by atoms with E-state index < -0.39 is 8.24 Å². The van der Waals surface area contributed by atoms with E-state index in [4.69, 9.17) is 0 Å². The normalized spacial score (nSPS) is 26.0. The first-order valence-electron chi connectivity index (χ1n) is 17.2. The van der Waals surface area contributed by atoms with Crippen LogP contribution in [-0.2, 0) is 10.8 Å². The zero-order valence-corrected chi connectivity index (χ0v) is 30.6. The first-order valence-corrected chi connectivity index (χ1v) is 20.2. The van der Waals surface area contributed by atoms with Crippen molar-refractivity contribution in [2.45, 2.75) is 169 Å². The van der Waals surface area contributed by atoms with Crippen LogP contribution in [0.2, 0.25) is 18.6 Å². The second kappa shape index (κ2) is 11.1. The Bertz CT molecular complexity index is 1140. The van der Waals surface area contributed by atoms with Gasteiger partial charge in [0.25, 0.3) is 0 Å². The molecule has 0 saturated heterocycles. The maximum atomic E-state index is 2.99. The molecule has 0 radical (unpaired) electrons. The highest BCUT2D eigenvalue weighted by atomic mass is 28.3. The number of benzene rings is 1. The Labute approximate surface area is 256 Å². The third-order valence-electron chi connectivity index (χ3n) is 11.1. The van der Waals surface area contributed by atoms with Crippen molar-refractivity contribution in [1.82, 2.24) is 4.57 Å². The van der Waals surface area contributed by atoms with E-state index >= 15 is 0 Å². The second-order valence-electron chi connectivity index (χ2n) is 17.8. The molecule has 4 atom stereocenters. The van der Waals surface area contributed by atoms with Gasteiger partial charge in [0.2, 0.25) is 0 Å². The molecule has 0 N–H and O–H groups in total. The third-order valence-corrected chi connectivity index (χ3v) is 16.1. The van der Waals surface area contributed by atoms with Crippen molar-refractivity contribution in [1.29, 1.82) is 0 Å². The van der Waals surface area contributed by atoms with Gasteiger partial charge in [-0.05, 0) is 117 Å². The molecule has 230 valence electrons. The lowest BCUT2D eigenvalue weighted by Crippen LogP contribution is -2.67. The maximum Gasteiger partial charge on any atom is 0.127 e. The van der Waals surface area contributed by atoms with Crippen LogP contribution in [0.4, 0.5) is 0 Å². The van der Waals surface area contributed by atoms with Crippen molar-refractivity contribution >= 4 is 13.8 Å². The summed E-state index contributed by atoms with van der Waals surface area (Å²) in [6.07, 6.45) is 14.8. The van der Waals surface area contributed by atoms with E-state index in [0.29, 0.717) is 11.8 Å². The van der Waals surface area contributed by atoms with Crippen LogP contribution in [0.5, 0.6) is 0 Å². The molecule has 3 aliphatic carbocycles. The van der Waals surface area contributed by atoms with E-state index in [-0.39, 0.29) is 21.9 Å². The van der Waals surface area contributed by atoms with Gasteiger partial charge in [0.05, 0.1) is 0 Å². The van der Waals surface area contributed by atoms with Crippen LogP contribution in [0.3, 0.4) is 0 Å². The van der Waals surface area contributed by atoms with E-state index in [2.05, 4.69) is 131 Å². The molecule has 1 fully saturated rings. The fourth-order valence-electron chi connectivity index (χ4n) is 10.5. The van der Waals surface area contributed by atoms with Gasteiger partial charge in [0.1, 0.15) is 8.24 Å². The largest absolute Gasteiger partial charge is 0.314 e. The molecule has 0 heterocycles. The van der Waals surface area contributed by atoms with Crippen LogP contribution >= 0.6 is 0 Å².